The molecule has 1 aliphatic carbocycles. The Morgan fingerprint density at radius 2 is 2.08 bits per heavy atom. The van der Waals surface area contributed by atoms with Crippen molar-refractivity contribution < 1.29 is 9.47 Å². The van der Waals surface area contributed by atoms with Gasteiger partial charge in [-0.2, -0.15) is 0 Å². The molecule has 2 atom stereocenters. The Morgan fingerprint density at radius 3 is 2.83 bits per heavy atom. The first kappa shape index (κ1) is 15.4. The Balaban J connectivity index is 1.65. The highest BCUT2D eigenvalue weighted by Crippen LogP contribution is 2.39. The van der Waals surface area contributed by atoms with Crippen molar-refractivity contribution in [3.63, 3.8) is 0 Å². The van der Waals surface area contributed by atoms with Crippen molar-refractivity contribution in [2.75, 3.05) is 7.11 Å². The minimum absolute atomic E-state index is 0.0637. The molecule has 1 N–H and O–H groups in total. The van der Waals surface area contributed by atoms with Gasteiger partial charge >= 0.3 is 5.69 Å². The van der Waals surface area contributed by atoms with E-state index < -0.39 is 0 Å². The number of ether oxygens (including phenoxy) is 2. The molecule has 2 aromatic rings. The van der Waals surface area contributed by atoms with Crippen molar-refractivity contribution in [2.24, 2.45) is 5.92 Å². The Labute approximate surface area is 139 Å². The van der Waals surface area contributed by atoms with Crippen molar-refractivity contribution in [3.05, 3.63) is 39.0 Å². The first-order chi connectivity index (χ1) is 11.7. The maximum Gasteiger partial charge on any atom is 0.328 e. The average molecular weight is 330 g/mol. The highest BCUT2D eigenvalue weighted by molar-refractivity contribution is 5.78. The van der Waals surface area contributed by atoms with Gasteiger partial charge in [-0.1, -0.05) is 0 Å². The Hall–Kier alpha value is -2.08. The lowest BCUT2D eigenvalue weighted by Crippen LogP contribution is -2.41. The summed E-state index contributed by atoms with van der Waals surface area (Å²) < 4.78 is 12.6. The van der Waals surface area contributed by atoms with Gasteiger partial charge in [0.2, 0.25) is 0 Å². The van der Waals surface area contributed by atoms with Crippen LogP contribution in [0.2, 0.25) is 0 Å². The van der Waals surface area contributed by atoms with Crippen molar-refractivity contribution in [1.29, 1.82) is 0 Å². The van der Waals surface area contributed by atoms with Crippen LogP contribution >= 0.6 is 0 Å². The van der Waals surface area contributed by atoms with E-state index in [4.69, 9.17) is 9.47 Å². The van der Waals surface area contributed by atoms with E-state index in [-0.39, 0.29) is 17.4 Å². The number of benzene rings is 1. The summed E-state index contributed by atoms with van der Waals surface area (Å²) in [5, 5.41) is 0.462. The highest BCUT2D eigenvalue weighted by Gasteiger charge is 2.35. The largest absolute Gasteiger partial charge is 0.497 e. The van der Waals surface area contributed by atoms with Crippen LogP contribution in [-0.4, -0.2) is 28.9 Å². The zero-order valence-electron chi connectivity index (χ0n) is 13.8. The molecule has 0 spiro atoms. The summed E-state index contributed by atoms with van der Waals surface area (Å²) in [6.07, 6.45) is 5.82. The number of nitrogens with zero attached hydrogens (tertiary/aromatic N) is 1. The fourth-order valence-corrected chi connectivity index (χ4v) is 3.61. The van der Waals surface area contributed by atoms with Crippen molar-refractivity contribution in [3.8, 4) is 5.75 Å². The van der Waals surface area contributed by atoms with Crippen LogP contribution < -0.4 is 16.0 Å². The summed E-state index contributed by atoms with van der Waals surface area (Å²) in [5.41, 5.74) is -0.137. The predicted molar refractivity (Wildman–Crippen MR) is 90.6 cm³/mol. The molecule has 2 heterocycles. The molecular formula is C18H22N2O4. The number of aromatic amines is 1. The average Bonchev–Trinajstić information content (AvgIpc) is 3.44. The number of fused-ring (bicyclic) bond motifs is 1. The van der Waals surface area contributed by atoms with Crippen LogP contribution in [0.15, 0.2) is 27.8 Å². The quantitative estimate of drug-likeness (QED) is 0.931. The predicted octanol–water partition coefficient (Wildman–Crippen LogP) is 2.05. The standard InChI is InChI=1S/C18H22N2O4/c1-23-12-7-8-15-14(9-12)17(21)20(18(22)19-15)10-13-3-2-4-16(24-13)11-5-6-11/h7-9,11,13,16H,2-6,10H2,1H3,(H,19,22). The molecule has 1 saturated heterocycles. The van der Waals surface area contributed by atoms with Crippen molar-refractivity contribution in [1.82, 2.24) is 9.55 Å². The molecule has 6 heteroatoms. The molecule has 4 rings (SSSR count). The normalized spacial score (nSPS) is 24.2. The lowest BCUT2D eigenvalue weighted by molar-refractivity contribution is -0.0672. The van der Waals surface area contributed by atoms with Crippen LogP contribution in [0.3, 0.4) is 0 Å². The fourth-order valence-electron chi connectivity index (χ4n) is 3.61. The lowest BCUT2D eigenvalue weighted by atomic mass is 10.0. The van der Waals surface area contributed by atoms with E-state index in [1.54, 1.807) is 25.3 Å². The fraction of sp³-hybridized carbons (Fsp3) is 0.556. The number of hydrogen-bond donors (Lipinski definition) is 1. The summed E-state index contributed by atoms with van der Waals surface area (Å²) in [7, 11) is 1.55. The van der Waals surface area contributed by atoms with Gasteiger partial charge in [0.25, 0.3) is 5.56 Å². The van der Waals surface area contributed by atoms with Gasteiger partial charge in [0.1, 0.15) is 5.75 Å². The number of rotatable bonds is 4. The summed E-state index contributed by atoms with van der Waals surface area (Å²) in [6.45, 7) is 0.310. The summed E-state index contributed by atoms with van der Waals surface area (Å²) in [5.74, 6) is 1.28. The van der Waals surface area contributed by atoms with Gasteiger partial charge in [-0.15, -0.1) is 0 Å². The second kappa shape index (κ2) is 6.09. The summed E-state index contributed by atoms with van der Waals surface area (Å²) >= 11 is 0. The summed E-state index contributed by atoms with van der Waals surface area (Å²) in [4.78, 5) is 27.9. The number of methoxy groups -OCH3 is 1. The zero-order chi connectivity index (χ0) is 16.7. The Bertz CT molecular complexity index is 865. The molecule has 2 aliphatic rings. The van der Waals surface area contributed by atoms with E-state index in [9.17, 15) is 9.59 Å². The molecule has 24 heavy (non-hydrogen) atoms. The van der Waals surface area contributed by atoms with Crippen molar-refractivity contribution >= 4 is 10.9 Å². The molecule has 6 nitrogen and oxygen atoms in total. The first-order valence-corrected chi connectivity index (χ1v) is 8.62. The van der Waals surface area contributed by atoms with Gasteiger partial charge in [-0.05, 0) is 56.2 Å². The molecule has 0 amide bonds. The maximum absolute atomic E-state index is 12.8. The highest BCUT2D eigenvalue weighted by atomic mass is 16.5. The lowest BCUT2D eigenvalue weighted by Gasteiger charge is -2.30. The third-order valence-electron chi connectivity index (χ3n) is 5.11. The van der Waals surface area contributed by atoms with Crippen LogP contribution in [-0.2, 0) is 11.3 Å². The number of hydrogen-bond acceptors (Lipinski definition) is 4. The number of H-pyrrole nitrogens is 1. The molecule has 1 aromatic heterocycles. The van der Waals surface area contributed by atoms with E-state index in [0.29, 0.717) is 35.2 Å². The molecule has 0 bridgehead atoms. The number of aromatic nitrogens is 2. The van der Waals surface area contributed by atoms with Crippen LogP contribution in [0.1, 0.15) is 32.1 Å². The van der Waals surface area contributed by atoms with Gasteiger partial charge in [-0.3, -0.25) is 9.36 Å². The third kappa shape index (κ3) is 2.86. The smallest absolute Gasteiger partial charge is 0.328 e. The maximum atomic E-state index is 12.8. The van der Waals surface area contributed by atoms with E-state index in [2.05, 4.69) is 4.98 Å². The molecule has 1 saturated carbocycles. The molecule has 2 unspecified atom stereocenters. The van der Waals surface area contributed by atoms with Crippen LogP contribution in [0.5, 0.6) is 5.75 Å². The second-order valence-electron chi connectivity index (χ2n) is 6.82. The molecule has 0 radical (unpaired) electrons. The summed E-state index contributed by atoms with van der Waals surface area (Å²) in [6, 6.07) is 5.09. The molecule has 2 fully saturated rings. The molecule has 128 valence electrons. The van der Waals surface area contributed by atoms with Gasteiger partial charge in [0.15, 0.2) is 0 Å². The number of nitrogens with one attached hydrogen (secondary N) is 1. The van der Waals surface area contributed by atoms with E-state index >= 15 is 0 Å². The molecular weight excluding hydrogens is 308 g/mol. The second-order valence-corrected chi connectivity index (χ2v) is 6.82. The minimum atomic E-state index is -0.380. The topological polar surface area (TPSA) is 73.3 Å². The van der Waals surface area contributed by atoms with E-state index in [0.717, 1.165) is 19.3 Å². The third-order valence-corrected chi connectivity index (χ3v) is 5.11. The monoisotopic (exact) mass is 330 g/mol. The Kier molecular flexibility index (Phi) is 3.92. The zero-order valence-corrected chi connectivity index (χ0v) is 13.8. The first-order valence-electron chi connectivity index (χ1n) is 8.62. The Morgan fingerprint density at radius 1 is 1.25 bits per heavy atom. The van der Waals surface area contributed by atoms with Gasteiger partial charge in [-0.25, -0.2) is 4.79 Å². The molecule has 1 aromatic carbocycles. The van der Waals surface area contributed by atoms with Gasteiger partial charge in [0.05, 0.1) is 36.8 Å². The van der Waals surface area contributed by atoms with E-state index in [1.165, 1.54) is 17.4 Å². The molecule has 1 aliphatic heterocycles. The van der Waals surface area contributed by atoms with Crippen LogP contribution in [0.25, 0.3) is 10.9 Å². The van der Waals surface area contributed by atoms with E-state index in [1.807, 2.05) is 0 Å². The van der Waals surface area contributed by atoms with Crippen LogP contribution in [0.4, 0.5) is 0 Å². The van der Waals surface area contributed by atoms with Gasteiger partial charge < -0.3 is 14.5 Å². The minimum Gasteiger partial charge on any atom is -0.497 e. The van der Waals surface area contributed by atoms with Crippen molar-refractivity contribution in [2.45, 2.75) is 50.9 Å². The van der Waals surface area contributed by atoms with Gasteiger partial charge in [0, 0.05) is 0 Å². The SMILES string of the molecule is COc1ccc2[nH]c(=O)n(CC3CCCC(C4CC4)O3)c(=O)c2c1. The van der Waals surface area contributed by atoms with Crippen LogP contribution in [0, 0.1) is 5.92 Å².